The van der Waals surface area contributed by atoms with E-state index in [1.165, 1.54) is 0 Å². The Morgan fingerprint density at radius 2 is 2.25 bits per heavy atom. The number of nitrogens with zero attached hydrogens (tertiary/aromatic N) is 1. The van der Waals surface area contributed by atoms with Crippen LogP contribution in [0.2, 0.25) is 0 Å². The van der Waals surface area contributed by atoms with Gasteiger partial charge in [0.15, 0.2) is 0 Å². The van der Waals surface area contributed by atoms with Crippen LogP contribution in [0.4, 0.5) is 0 Å². The highest BCUT2D eigenvalue weighted by Gasteiger charge is 2.22. The Morgan fingerprint density at radius 1 is 1.50 bits per heavy atom. The molecule has 1 heterocycles. The molecule has 1 aromatic heterocycles. The zero-order valence-corrected chi connectivity index (χ0v) is 9.78. The maximum atomic E-state index is 9.04. The van der Waals surface area contributed by atoms with E-state index in [0.717, 1.165) is 15.2 Å². The number of nitrogens with two attached hydrogens (primary N) is 1. The van der Waals surface area contributed by atoms with Crippen LogP contribution in [0.1, 0.15) is 11.1 Å². The summed E-state index contributed by atoms with van der Waals surface area (Å²) in [6.45, 7) is -0.117. The third-order valence-electron chi connectivity index (χ3n) is 2.41. The Kier molecular flexibility index (Phi) is 3.50. The fourth-order valence-corrected chi connectivity index (χ4v) is 2.69. The van der Waals surface area contributed by atoms with Gasteiger partial charge in [-0.3, -0.25) is 0 Å². The molecular weight excluding hydrogens is 224 g/mol. The van der Waals surface area contributed by atoms with Gasteiger partial charge in [-0.1, -0.05) is 12.1 Å². The Morgan fingerprint density at radius 3 is 2.88 bits per heavy atom. The van der Waals surface area contributed by atoms with E-state index >= 15 is 0 Å². The molecule has 0 amide bonds. The van der Waals surface area contributed by atoms with Gasteiger partial charge in [-0.25, -0.2) is 4.98 Å². The first-order chi connectivity index (χ1) is 7.76. The summed E-state index contributed by atoms with van der Waals surface area (Å²) in [7, 11) is 1.58. The minimum absolute atomic E-state index is 0.117. The van der Waals surface area contributed by atoms with Crippen LogP contribution in [0.25, 0.3) is 10.2 Å². The quantitative estimate of drug-likeness (QED) is 0.842. The minimum atomic E-state index is -0.439. The van der Waals surface area contributed by atoms with Crippen LogP contribution in [0, 0.1) is 0 Å². The van der Waals surface area contributed by atoms with E-state index < -0.39 is 6.04 Å². The summed E-state index contributed by atoms with van der Waals surface area (Å²) < 4.78 is 6.38. The van der Waals surface area contributed by atoms with Crippen molar-refractivity contribution in [2.24, 2.45) is 5.73 Å². The molecule has 1 aromatic carbocycles. The molecule has 0 saturated carbocycles. The normalized spacial score (nSPS) is 15.2. The number of aliphatic hydroxyl groups is 1. The molecule has 0 bridgehead atoms. The first-order valence-electron chi connectivity index (χ1n) is 5.01. The van der Waals surface area contributed by atoms with Gasteiger partial charge in [-0.2, -0.15) is 0 Å². The molecule has 4 nitrogen and oxygen atoms in total. The van der Waals surface area contributed by atoms with E-state index in [1.54, 1.807) is 18.4 Å². The van der Waals surface area contributed by atoms with E-state index in [2.05, 4.69) is 4.98 Å². The minimum Gasteiger partial charge on any atom is -0.395 e. The monoisotopic (exact) mass is 238 g/mol. The van der Waals surface area contributed by atoms with Crippen molar-refractivity contribution in [3.63, 3.8) is 0 Å². The average molecular weight is 238 g/mol. The van der Waals surface area contributed by atoms with Gasteiger partial charge < -0.3 is 15.6 Å². The predicted octanol–water partition coefficient (Wildman–Crippen LogP) is 1.30. The number of hydrogen-bond donors (Lipinski definition) is 2. The topological polar surface area (TPSA) is 68.4 Å². The smallest absolute Gasteiger partial charge is 0.126 e. The third kappa shape index (κ3) is 2.08. The molecule has 0 aliphatic rings. The second-order valence-electron chi connectivity index (χ2n) is 3.52. The van der Waals surface area contributed by atoms with Gasteiger partial charge in [0.25, 0.3) is 0 Å². The van der Waals surface area contributed by atoms with E-state index in [0.29, 0.717) is 0 Å². The van der Waals surface area contributed by atoms with Crippen LogP contribution in [0.3, 0.4) is 0 Å². The van der Waals surface area contributed by atoms with Crippen molar-refractivity contribution >= 4 is 21.6 Å². The van der Waals surface area contributed by atoms with E-state index in [9.17, 15) is 0 Å². The van der Waals surface area contributed by atoms with Crippen molar-refractivity contribution in [1.82, 2.24) is 4.98 Å². The van der Waals surface area contributed by atoms with Crippen molar-refractivity contribution in [1.29, 1.82) is 0 Å². The number of para-hydroxylation sites is 1. The van der Waals surface area contributed by atoms with E-state index in [-0.39, 0.29) is 12.7 Å². The molecular formula is C11H14N2O2S. The Balaban J connectivity index is 2.37. The standard InChI is InChI=1S/C11H14N2O2S/c1-15-10(7(12)6-14)11-13-8-4-2-3-5-9(8)16-11/h2-5,7,10,14H,6,12H2,1H3/t7-,10-/m0/s1. The van der Waals surface area contributed by atoms with E-state index in [1.807, 2.05) is 24.3 Å². The fourth-order valence-electron chi connectivity index (χ4n) is 1.57. The van der Waals surface area contributed by atoms with Crippen LogP contribution in [-0.2, 0) is 4.74 Å². The number of methoxy groups -OCH3 is 1. The number of benzene rings is 1. The zero-order valence-electron chi connectivity index (χ0n) is 8.96. The molecule has 16 heavy (non-hydrogen) atoms. The third-order valence-corrected chi connectivity index (χ3v) is 3.51. The lowest BCUT2D eigenvalue weighted by Gasteiger charge is -2.17. The SMILES string of the molecule is CO[C@H](c1nc2ccccc2s1)[C@@H](N)CO. The van der Waals surface area contributed by atoms with Gasteiger partial charge in [0.1, 0.15) is 11.1 Å². The first-order valence-corrected chi connectivity index (χ1v) is 5.82. The van der Waals surface area contributed by atoms with Crippen molar-refractivity contribution in [2.75, 3.05) is 13.7 Å². The zero-order chi connectivity index (χ0) is 11.5. The van der Waals surface area contributed by atoms with Gasteiger partial charge in [0.2, 0.25) is 0 Å². The molecule has 2 aromatic rings. The molecule has 0 aliphatic heterocycles. The van der Waals surface area contributed by atoms with Gasteiger partial charge in [-0.05, 0) is 12.1 Å². The highest BCUT2D eigenvalue weighted by atomic mass is 32.1. The Hall–Kier alpha value is -1.01. The number of ether oxygens (including phenoxy) is 1. The number of hydrogen-bond acceptors (Lipinski definition) is 5. The van der Waals surface area contributed by atoms with E-state index in [4.69, 9.17) is 15.6 Å². The number of thiazole rings is 1. The van der Waals surface area contributed by atoms with Gasteiger partial charge in [0.05, 0.1) is 22.9 Å². The maximum Gasteiger partial charge on any atom is 0.126 e. The van der Waals surface area contributed by atoms with Crippen molar-refractivity contribution in [2.45, 2.75) is 12.1 Å². The van der Waals surface area contributed by atoms with Crippen molar-refractivity contribution in [3.8, 4) is 0 Å². The molecule has 0 fully saturated rings. The van der Waals surface area contributed by atoms with Crippen molar-refractivity contribution < 1.29 is 9.84 Å². The highest BCUT2D eigenvalue weighted by Crippen LogP contribution is 2.29. The lowest BCUT2D eigenvalue weighted by molar-refractivity contribution is 0.0590. The summed E-state index contributed by atoms with van der Waals surface area (Å²) in [4.78, 5) is 4.46. The number of aliphatic hydroxyl groups excluding tert-OH is 1. The predicted molar refractivity (Wildman–Crippen MR) is 64.4 cm³/mol. The lowest BCUT2D eigenvalue weighted by Crippen LogP contribution is -2.33. The maximum absolute atomic E-state index is 9.04. The molecule has 5 heteroatoms. The molecule has 0 unspecified atom stereocenters. The summed E-state index contributed by atoms with van der Waals surface area (Å²) in [5, 5.41) is 9.85. The summed E-state index contributed by atoms with van der Waals surface area (Å²) >= 11 is 1.55. The summed E-state index contributed by atoms with van der Waals surface area (Å²) in [5.74, 6) is 0. The summed E-state index contributed by atoms with van der Waals surface area (Å²) in [5.41, 5.74) is 6.71. The number of fused-ring (bicyclic) bond motifs is 1. The molecule has 2 atom stereocenters. The van der Waals surface area contributed by atoms with Crippen LogP contribution < -0.4 is 5.73 Å². The van der Waals surface area contributed by atoms with Gasteiger partial charge in [0, 0.05) is 7.11 Å². The highest BCUT2D eigenvalue weighted by molar-refractivity contribution is 7.18. The fraction of sp³-hybridized carbons (Fsp3) is 0.364. The Bertz CT molecular complexity index is 439. The van der Waals surface area contributed by atoms with Gasteiger partial charge in [-0.15, -0.1) is 11.3 Å². The molecule has 86 valence electrons. The molecule has 3 N–H and O–H groups in total. The lowest BCUT2D eigenvalue weighted by atomic mass is 10.2. The number of rotatable bonds is 4. The van der Waals surface area contributed by atoms with Gasteiger partial charge >= 0.3 is 0 Å². The molecule has 2 rings (SSSR count). The summed E-state index contributed by atoms with van der Waals surface area (Å²) in [6.07, 6.45) is -0.345. The van der Waals surface area contributed by atoms with Crippen LogP contribution in [-0.4, -0.2) is 29.8 Å². The first kappa shape index (κ1) is 11.5. The second-order valence-corrected chi connectivity index (χ2v) is 4.58. The van der Waals surface area contributed by atoms with Crippen LogP contribution in [0.5, 0.6) is 0 Å². The largest absolute Gasteiger partial charge is 0.395 e. The number of aromatic nitrogens is 1. The molecule has 0 saturated heterocycles. The molecule has 0 spiro atoms. The van der Waals surface area contributed by atoms with Crippen molar-refractivity contribution in [3.05, 3.63) is 29.3 Å². The average Bonchev–Trinajstić information content (AvgIpc) is 2.72. The molecule has 0 radical (unpaired) electrons. The molecule has 0 aliphatic carbocycles. The Labute approximate surface area is 97.7 Å². The van der Waals surface area contributed by atoms with Crippen LogP contribution >= 0.6 is 11.3 Å². The van der Waals surface area contributed by atoms with Crippen LogP contribution in [0.15, 0.2) is 24.3 Å². The summed E-state index contributed by atoms with van der Waals surface area (Å²) in [6, 6.07) is 7.43. The second kappa shape index (κ2) is 4.88.